The molecule has 7 nitrogen and oxygen atoms in total. The molecule has 1 aromatic heterocycles. The van der Waals surface area contributed by atoms with Gasteiger partial charge in [0.05, 0.1) is 11.8 Å². The Kier molecular flexibility index (Phi) is 3.48. The summed E-state index contributed by atoms with van der Waals surface area (Å²) in [5.74, 6) is -1.11. The number of carbonyl (C=O) groups excluding carboxylic acids is 1. The standard InChI is InChI=1S/C10H13N3O4S/c1-5-4-18-9(11-5)12-10(17)13-3-6(14)2-7(13)8(15)16/h4,6-7,14H,2-3H2,1H3,(H,15,16)(H,11,12,17)/t6?,7-/m0/s1. The van der Waals surface area contributed by atoms with E-state index in [1.165, 1.54) is 11.3 Å². The van der Waals surface area contributed by atoms with Crippen LogP contribution in [0.15, 0.2) is 5.38 Å². The van der Waals surface area contributed by atoms with Crippen LogP contribution < -0.4 is 5.32 Å². The van der Waals surface area contributed by atoms with Gasteiger partial charge in [-0.05, 0) is 6.92 Å². The zero-order valence-corrected chi connectivity index (χ0v) is 10.5. The average molecular weight is 271 g/mol. The molecule has 8 heteroatoms. The number of rotatable bonds is 2. The zero-order valence-electron chi connectivity index (χ0n) is 9.66. The van der Waals surface area contributed by atoms with E-state index >= 15 is 0 Å². The summed E-state index contributed by atoms with van der Waals surface area (Å²) in [6.07, 6.45) is -0.741. The normalized spacial score (nSPS) is 23.1. The number of aromatic nitrogens is 1. The summed E-state index contributed by atoms with van der Waals surface area (Å²) >= 11 is 1.27. The maximum absolute atomic E-state index is 11.9. The third-order valence-electron chi connectivity index (χ3n) is 2.66. The number of nitrogens with zero attached hydrogens (tertiary/aromatic N) is 2. The predicted octanol–water partition coefficient (Wildman–Crippen LogP) is 0.503. The number of hydrogen-bond donors (Lipinski definition) is 3. The summed E-state index contributed by atoms with van der Waals surface area (Å²) in [6.45, 7) is 1.82. The molecule has 2 heterocycles. The smallest absolute Gasteiger partial charge is 0.326 e. The van der Waals surface area contributed by atoms with Crippen molar-refractivity contribution in [1.29, 1.82) is 0 Å². The SMILES string of the molecule is Cc1csc(NC(=O)N2CC(O)C[C@H]2C(=O)O)n1. The van der Waals surface area contributed by atoms with E-state index < -0.39 is 24.1 Å². The second-order valence-corrected chi connectivity index (χ2v) is 4.98. The van der Waals surface area contributed by atoms with Crippen molar-refractivity contribution < 1.29 is 19.8 Å². The van der Waals surface area contributed by atoms with Gasteiger partial charge >= 0.3 is 12.0 Å². The Balaban J connectivity index is 2.06. The van der Waals surface area contributed by atoms with Crippen LogP contribution in [0.5, 0.6) is 0 Å². The summed E-state index contributed by atoms with van der Waals surface area (Å²) in [6, 6.07) is -1.53. The highest BCUT2D eigenvalue weighted by molar-refractivity contribution is 7.13. The Bertz CT molecular complexity index is 475. The highest BCUT2D eigenvalue weighted by atomic mass is 32.1. The van der Waals surface area contributed by atoms with Crippen LogP contribution in [0.1, 0.15) is 12.1 Å². The monoisotopic (exact) mass is 271 g/mol. The molecule has 1 saturated heterocycles. The number of carboxylic acids is 1. The molecule has 0 aliphatic carbocycles. The maximum Gasteiger partial charge on any atom is 0.326 e. The predicted molar refractivity (Wildman–Crippen MR) is 64.6 cm³/mol. The molecule has 18 heavy (non-hydrogen) atoms. The molecule has 2 atom stereocenters. The molecule has 1 fully saturated rings. The number of aliphatic hydroxyl groups is 1. The number of amides is 2. The molecule has 2 amide bonds. The third-order valence-corrected chi connectivity index (χ3v) is 3.53. The number of aliphatic carboxylic acids is 1. The minimum atomic E-state index is -1.11. The first kappa shape index (κ1) is 12.8. The number of aliphatic hydroxyl groups excluding tert-OH is 1. The number of anilines is 1. The lowest BCUT2D eigenvalue weighted by Crippen LogP contribution is -2.43. The quantitative estimate of drug-likeness (QED) is 0.727. The van der Waals surface area contributed by atoms with E-state index in [9.17, 15) is 14.7 Å². The van der Waals surface area contributed by atoms with E-state index in [4.69, 9.17) is 5.11 Å². The molecule has 98 valence electrons. The van der Waals surface area contributed by atoms with Crippen LogP contribution in [0.3, 0.4) is 0 Å². The number of urea groups is 1. The van der Waals surface area contributed by atoms with Crippen molar-refractivity contribution >= 4 is 28.5 Å². The lowest BCUT2D eigenvalue weighted by molar-refractivity contribution is -0.141. The number of hydrogen-bond acceptors (Lipinski definition) is 5. The fraction of sp³-hybridized carbons (Fsp3) is 0.500. The fourth-order valence-corrected chi connectivity index (χ4v) is 2.52. The summed E-state index contributed by atoms with van der Waals surface area (Å²) in [4.78, 5) is 28.0. The molecule has 0 saturated carbocycles. The molecule has 1 unspecified atom stereocenters. The largest absolute Gasteiger partial charge is 0.480 e. The van der Waals surface area contributed by atoms with Gasteiger partial charge in [-0.25, -0.2) is 14.6 Å². The molecule has 3 N–H and O–H groups in total. The Hall–Kier alpha value is -1.67. The van der Waals surface area contributed by atoms with Gasteiger partial charge in [0.15, 0.2) is 5.13 Å². The minimum absolute atomic E-state index is 0.0210. The van der Waals surface area contributed by atoms with Crippen LogP contribution >= 0.6 is 11.3 Å². The lowest BCUT2D eigenvalue weighted by atomic mass is 10.2. The average Bonchev–Trinajstić information content (AvgIpc) is 2.85. The van der Waals surface area contributed by atoms with E-state index in [2.05, 4.69) is 10.3 Å². The van der Waals surface area contributed by atoms with Crippen molar-refractivity contribution in [3.05, 3.63) is 11.1 Å². The Morgan fingerprint density at radius 2 is 2.33 bits per heavy atom. The van der Waals surface area contributed by atoms with E-state index in [1.54, 1.807) is 12.3 Å². The summed E-state index contributed by atoms with van der Waals surface area (Å²) < 4.78 is 0. The second-order valence-electron chi connectivity index (χ2n) is 4.12. The fourth-order valence-electron chi connectivity index (χ4n) is 1.85. The van der Waals surface area contributed by atoms with Crippen molar-refractivity contribution in [2.45, 2.75) is 25.5 Å². The summed E-state index contributed by atoms with van der Waals surface area (Å²) in [7, 11) is 0. The molecule has 1 aliphatic rings. The summed E-state index contributed by atoms with van der Waals surface area (Å²) in [5.41, 5.74) is 0.784. The van der Waals surface area contributed by atoms with Gasteiger partial charge < -0.3 is 15.1 Å². The van der Waals surface area contributed by atoms with E-state index in [1.807, 2.05) is 0 Å². The van der Waals surface area contributed by atoms with Crippen LogP contribution in [-0.2, 0) is 4.79 Å². The number of thiazole rings is 1. The van der Waals surface area contributed by atoms with Crippen molar-refractivity contribution in [3.63, 3.8) is 0 Å². The molecule has 0 bridgehead atoms. The van der Waals surface area contributed by atoms with Crippen LogP contribution in [0, 0.1) is 6.92 Å². The zero-order chi connectivity index (χ0) is 13.3. The molecule has 0 radical (unpaired) electrons. The van der Waals surface area contributed by atoms with Gasteiger partial charge in [0, 0.05) is 18.3 Å². The van der Waals surface area contributed by atoms with Crippen LogP contribution in [0.25, 0.3) is 0 Å². The van der Waals surface area contributed by atoms with Crippen molar-refractivity contribution in [1.82, 2.24) is 9.88 Å². The minimum Gasteiger partial charge on any atom is -0.480 e. The van der Waals surface area contributed by atoms with Gasteiger partial charge in [0.25, 0.3) is 0 Å². The number of carboxylic acid groups (broad SMARTS) is 1. The number of carbonyl (C=O) groups is 2. The van der Waals surface area contributed by atoms with Crippen molar-refractivity contribution in [2.24, 2.45) is 0 Å². The van der Waals surface area contributed by atoms with Crippen molar-refractivity contribution in [2.75, 3.05) is 11.9 Å². The maximum atomic E-state index is 11.9. The molecule has 1 aliphatic heterocycles. The van der Waals surface area contributed by atoms with Crippen molar-refractivity contribution in [3.8, 4) is 0 Å². The Labute approximate surface area is 107 Å². The van der Waals surface area contributed by atoms with Gasteiger partial charge in [-0.3, -0.25) is 5.32 Å². The van der Waals surface area contributed by atoms with Crippen LogP contribution in [0.4, 0.5) is 9.93 Å². The Morgan fingerprint density at radius 3 is 2.89 bits per heavy atom. The third kappa shape index (κ3) is 2.59. The number of β-amino-alcohol motifs (C(OH)–C–C–N with tert-alkyl or cyclic N) is 1. The van der Waals surface area contributed by atoms with Gasteiger partial charge in [0.2, 0.25) is 0 Å². The highest BCUT2D eigenvalue weighted by Gasteiger charge is 2.39. The molecular weight excluding hydrogens is 258 g/mol. The van der Waals surface area contributed by atoms with Crippen LogP contribution in [-0.4, -0.2) is 50.8 Å². The second kappa shape index (κ2) is 4.91. The first-order chi connectivity index (χ1) is 8.47. The van der Waals surface area contributed by atoms with Gasteiger partial charge in [-0.2, -0.15) is 0 Å². The van der Waals surface area contributed by atoms with E-state index in [0.717, 1.165) is 10.6 Å². The molecule has 0 spiro atoms. The van der Waals surface area contributed by atoms with Crippen LogP contribution in [0.2, 0.25) is 0 Å². The van der Waals surface area contributed by atoms with Gasteiger partial charge in [-0.1, -0.05) is 0 Å². The number of aryl methyl sites for hydroxylation is 1. The van der Waals surface area contributed by atoms with E-state index in [0.29, 0.717) is 5.13 Å². The number of likely N-dealkylation sites (tertiary alicyclic amines) is 1. The van der Waals surface area contributed by atoms with Gasteiger partial charge in [-0.15, -0.1) is 11.3 Å². The lowest BCUT2D eigenvalue weighted by Gasteiger charge is -2.20. The Morgan fingerprint density at radius 1 is 1.61 bits per heavy atom. The summed E-state index contributed by atoms with van der Waals surface area (Å²) in [5, 5.41) is 23.1. The molecule has 2 rings (SSSR count). The highest BCUT2D eigenvalue weighted by Crippen LogP contribution is 2.21. The topological polar surface area (TPSA) is 103 Å². The first-order valence-electron chi connectivity index (χ1n) is 5.38. The van der Waals surface area contributed by atoms with E-state index in [-0.39, 0.29) is 13.0 Å². The van der Waals surface area contributed by atoms with Gasteiger partial charge in [0.1, 0.15) is 6.04 Å². The number of nitrogens with one attached hydrogen (secondary N) is 1. The molecular formula is C10H13N3O4S. The molecule has 0 aromatic carbocycles. The first-order valence-corrected chi connectivity index (χ1v) is 6.26. The molecule has 1 aromatic rings.